The number of fused-ring (bicyclic) bond motifs is 2. The summed E-state index contributed by atoms with van der Waals surface area (Å²) in [6.45, 7) is 2.93. The van der Waals surface area contributed by atoms with E-state index in [1.807, 2.05) is 0 Å². The van der Waals surface area contributed by atoms with Gasteiger partial charge in [0.25, 0.3) is 0 Å². The van der Waals surface area contributed by atoms with Crippen LogP contribution in [0.2, 0.25) is 0 Å². The zero-order chi connectivity index (χ0) is 16.5. The average molecular weight is 320 g/mol. The maximum atomic E-state index is 13.4. The zero-order valence-electron chi connectivity index (χ0n) is 13.8. The Morgan fingerprint density at radius 2 is 1.96 bits per heavy atom. The van der Waals surface area contributed by atoms with Crippen molar-refractivity contribution < 1.29 is 4.39 Å². The molecule has 1 heterocycles. The maximum absolute atomic E-state index is 13.4. The molecular formula is C21H21FN2. The van der Waals surface area contributed by atoms with Gasteiger partial charge in [-0.3, -0.25) is 0 Å². The second-order valence-corrected chi connectivity index (χ2v) is 6.49. The van der Waals surface area contributed by atoms with Gasteiger partial charge in [0.15, 0.2) is 0 Å². The van der Waals surface area contributed by atoms with Gasteiger partial charge in [-0.25, -0.2) is 4.39 Å². The number of H-pyrrole nitrogens is 1. The van der Waals surface area contributed by atoms with Crippen molar-refractivity contribution in [2.24, 2.45) is 0 Å². The second-order valence-electron chi connectivity index (χ2n) is 6.49. The first-order valence-corrected chi connectivity index (χ1v) is 8.48. The number of benzene rings is 2. The molecule has 0 aliphatic heterocycles. The highest BCUT2D eigenvalue weighted by Gasteiger charge is 2.14. The molecule has 2 N–H and O–H groups in total. The van der Waals surface area contributed by atoms with E-state index in [9.17, 15) is 4.39 Å². The van der Waals surface area contributed by atoms with E-state index in [4.69, 9.17) is 0 Å². The lowest BCUT2D eigenvalue weighted by Crippen LogP contribution is -2.18. The number of aromatic nitrogens is 1. The number of hydrogen-bond donors (Lipinski definition) is 2. The minimum Gasteiger partial charge on any atom is -0.361 e. The average Bonchev–Trinajstić information content (AvgIpc) is 3.01. The molecule has 1 aromatic heterocycles. The third-order valence-electron chi connectivity index (χ3n) is 4.80. The third kappa shape index (κ3) is 2.87. The zero-order valence-corrected chi connectivity index (χ0v) is 13.8. The molecule has 2 aromatic carbocycles. The van der Waals surface area contributed by atoms with E-state index in [0.717, 1.165) is 29.9 Å². The van der Waals surface area contributed by atoms with E-state index in [-0.39, 0.29) is 11.9 Å². The van der Waals surface area contributed by atoms with Crippen molar-refractivity contribution in [3.8, 4) is 0 Å². The Balaban J connectivity index is 1.52. The van der Waals surface area contributed by atoms with Crippen molar-refractivity contribution in [1.82, 2.24) is 10.3 Å². The summed E-state index contributed by atoms with van der Waals surface area (Å²) in [6, 6.07) is 17.2. The van der Waals surface area contributed by atoms with Crippen molar-refractivity contribution in [3.05, 3.63) is 76.9 Å². The van der Waals surface area contributed by atoms with Gasteiger partial charge in [0.05, 0.1) is 0 Å². The van der Waals surface area contributed by atoms with E-state index < -0.39 is 0 Å². The van der Waals surface area contributed by atoms with Crippen LogP contribution in [0.3, 0.4) is 0 Å². The highest BCUT2D eigenvalue weighted by atomic mass is 19.1. The number of aryl methyl sites for hydroxylation is 1. The lowest BCUT2D eigenvalue weighted by atomic mass is 10.00. The molecule has 0 saturated heterocycles. The number of allylic oxidation sites excluding steroid dienone is 1. The molecular weight excluding hydrogens is 299 g/mol. The third-order valence-corrected chi connectivity index (χ3v) is 4.80. The minimum atomic E-state index is -0.0230. The smallest absolute Gasteiger partial charge is 0.101 e. The SMILES string of the molecule is CC(NCc1cc2c([nH]1)CCC(F)=C2)c1cccc2ccccc12. The van der Waals surface area contributed by atoms with Gasteiger partial charge in [0.2, 0.25) is 0 Å². The summed E-state index contributed by atoms with van der Waals surface area (Å²) in [5, 5.41) is 6.13. The van der Waals surface area contributed by atoms with E-state index in [1.54, 1.807) is 6.08 Å². The predicted molar refractivity (Wildman–Crippen MR) is 97.4 cm³/mol. The van der Waals surface area contributed by atoms with Crippen molar-refractivity contribution in [2.75, 3.05) is 0 Å². The van der Waals surface area contributed by atoms with Crippen LogP contribution in [0.15, 0.2) is 54.4 Å². The number of halogens is 1. The Hall–Kier alpha value is -2.39. The van der Waals surface area contributed by atoms with Gasteiger partial charge in [-0.1, -0.05) is 42.5 Å². The molecule has 122 valence electrons. The fourth-order valence-corrected chi connectivity index (χ4v) is 3.49. The van der Waals surface area contributed by atoms with Gasteiger partial charge < -0.3 is 10.3 Å². The van der Waals surface area contributed by atoms with Gasteiger partial charge >= 0.3 is 0 Å². The van der Waals surface area contributed by atoms with Crippen molar-refractivity contribution >= 4 is 16.8 Å². The molecule has 0 fully saturated rings. The van der Waals surface area contributed by atoms with Crippen LogP contribution in [0.4, 0.5) is 4.39 Å². The molecule has 0 bridgehead atoms. The highest BCUT2D eigenvalue weighted by molar-refractivity contribution is 5.86. The van der Waals surface area contributed by atoms with E-state index in [2.05, 4.69) is 65.8 Å². The first kappa shape index (κ1) is 15.2. The molecule has 1 aliphatic rings. The van der Waals surface area contributed by atoms with E-state index >= 15 is 0 Å². The summed E-state index contributed by atoms with van der Waals surface area (Å²) in [6.07, 6.45) is 2.91. The van der Waals surface area contributed by atoms with Gasteiger partial charge in [0.1, 0.15) is 5.83 Å². The summed E-state index contributed by atoms with van der Waals surface area (Å²) >= 11 is 0. The summed E-state index contributed by atoms with van der Waals surface area (Å²) in [5.74, 6) is -0.0230. The monoisotopic (exact) mass is 320 g/mol. The standard InChI is InChI=1S/C21H21FN2/c1-14(19-8-4-6-15-5-2-3-7-20(15)19)23-13-18-12-16-11-17(22)9-10-21(16)24-18/h2-8,11-12,14,23-24H,9-10,13H2,1H3. The molecule has 0 radical (unpaired) electrons. The molecule has 0 spiro atoms. The molecule has 1 atom stereocenters. The number of aromatic amines is 1. The quantitative estimate of drug-likeness (QED) is 0.673. The largest absolute Gasteiger partial charge is 0.361 e. The van der Waals surface area contributed by atoms with Crippen LogP contribution >= 0.6 is 0 Å². The fraction of sp³-hybridized carbons (Fsp3) is 0.238. The van der Waals surface area contributed by atoms with E-state index in [0.29, 0.717) is 6.42 Å². The number of nitrogens with one attached hydrogen (secondary N) is 2. The number of rotatable bonds is 4. The highest BCUT2D eigenvalue weighted by Crippen LogP contribution is 2.26. The van der Waals surface area contributed by atoms with E-state index in [1.165, 1.54) is 16.3 Å². The lowest BCUT2D eigenvalue weighted by Gasteiger charge is -2.16. The first-order valence-electron chi connectivity index (χ1n) is 8.48. The van der Waals surface area contributed by atoms with Crippen LogP contribution in [-0.2, 0) is 13.0 Å². The van der Waals surface area contributed by atoms with Crippen LogP contribution in [0.5, 0.6) is 0 Å². The van der Waals surface area contributed by atoms with Gasteiger partial charge in [-0.2, -0.15) is 0 Å². The normalized spacial score (nSPS) is 15.2. The Labute approximate surface area is 141 Å². The van der Waals surface area contributed by atoms with Gasteiger partial charge in [-0.15, -0.1) is 0 Å². The first-order chi connectivity index (χ1) is 11.7. The Morgan fingerprint density at radius 1 is 1.12 bits per heavy atom. The Morgan fingerprint density at radius 3 is 2.88 bits per heavy atom. The molecule has 1 aliphatic carbocycles. The summed E-state index contributed by atoms with van der Waals surface area (Å²) in [7, 11) is 0. The topological polar surface area (TPSA) is 27.8 Å². The maximum Gasteiger partial charge on any atom is 0.101 e. The number of hydrogen-bond acceptors (Lipinski definition) is 1. The van der Waals surface area contributed by atoms with Crippen LogP contribution in [0.25, 0.3) is 16.8 Å². The summed E-state index contributed by atoms with van der Waals surface area (Å²) in [5.41, 5.74) is 4.55. The van der Waals surface area contributed by atoms with Crippen molar-refractivity contribution in [3.63, 3.8) is 0 Å². The summed E-state index contributed by atoms with van der Waals surface area (Å²) < 4.78 is 13.4. The Bertz CT molecular complexity index is 902. The van der Waals surface area contributed by atoms with Crippen molar-refractivity contribution in [2.45, 2.75) is 32.4 Å². The second kappa shape index (κ2) is 6.25. The molecule has 3 aromatic rings. The predicted octanol–water partition coefficient (Wildman–Crippen LogP) is 5.28. The molecule has 3 heteroatoms. The van der Waals surface area contributed by atoms with Gasteiger partial charge in [-0.05, 0) is 47.4 Å². The van der Waals surface area contributed by atoms with Crippen LogP contribution in [-0.4, -0.2) is 4.98 Å². The lowest BCUT2D eigenvalue weighted by molar-refractivity contribution is 0.570. The fourth-order valence-electron chi connectivity index (χ4n) is 3.49. The Kier molecular flexibility index (Phi) is 3.95. The minimum absolute atomic E-state index is 0.0230. The molecule has 0 amide bonds. The van der Waals surface area contributed by atoms with Gasteiger partial charge in [0, 0.05) is 30.4 Å². The summed E-state index contributed by atoms with van der Waals surface area (Å²) in [4.78, 5) is 3.42. The molecule has 24 heavy (non-hydrogen) atoms. The molecule has 0 saturated carbocycles. The van der Waals surface area contributed by atoms with Crippen LogP contribution < -0.4 is 5.32 Å². The van der Waals surface area contributed by atoms with Crippen LogP contribution in [0.1, 0.15) is 41.9 Å². The molecule has 2 nitrogen and oxygen atoms in total. The molecule has 4 rings (SSSR count). The van der Waals surface area contributed by atoms with Crippen molar-refractivity contribution in [1.29, 1.82) is 0 Å². The van der Waals surface area contributed by atoms with Crippen LogP contribution in [0, 0.1) is 0 Å². The molecule has 1 unspecified atom stereocenters.